The molecule has 7 nitrogen and oxygen atoms in total. The maximum absolute atomic E-state index is 13.3. The van der Waals surface area contributed by atoms with Gasteiger partial charge in [0.25, 0.3) is 15.9 Å². The van der Waals surface area contributed by atoms with Crippen LogP contribution in [0.1, 0.15) is 18.1 Å². The van der Waals surface area contributed by atoms with E-state index in [9.17, 15) is 26.4 Å². The van der Waals surface area contributed by atoms with E-state index in [1.165, 1.54) is 37.4 Å². The fourth-order valence-corrected chi connectivity index (χ4v) is 4.51. The number of nitrogens with one attached hydrogen (secondary N) is 1. The van der Waals surface area contributed by atoms with Gasteiger partial charge in [-0.25, -0.2) is 13.8 Å². The van der Waals surface area contributed by atoms with Crippen molar-refractivity contribution in [3.05, 3.63) is 90.0 Å². The second-order valence-electron chi connectivity index (χ2n) is 7.33. The summed E-state index contributed by atoms with van der Waals surface area (Å²) < 4.78 is 72.0. The molecule has 3 rings (SSSR count). The molecule has 0 bridgehead atoms. The molecule has 1 N–H and O–H groups in total. The van der Waals surface area contributed by atoms with Gasteiger partial charge in [-0.1, -0.05) is 24.3 Å². The van der Waals surface area contributed by atoms with Gasteiger partial charge in [0.15, 0.2) is 0 Å². The topological polar surface area (TPSA) is 88.1 Å². The molecule has 35 heavy (non-hydrogen) atoms. The van der Waals surface area contributed by atoms with Gasteiger partial charge in [-0.3, -0.25) is 9.10 Å². The van der Waals surface area contributed by atoms with Crippen molar-refractivity contribution in [2.45, 2.75) is 18.0 Å². The van der Waals surface area contributed by atoms with Crippen LogP contribution in [-0.2, 0) is 21.0 Å². The van der Waals surface area contributed by atoms with Gasteiger partial charge in [0.1, 0.15) is 12.3 Å². The lowest BCUT2D eigenvalue weighted by molar-refractivity contribution is -0.137. The molecule has 0 unspecified atom stereocenters. The number of rotatable bonds is 8. The second kappa shape index (κ2) is 10.6. The first-order valence-electron chi connectivity index (χ1n) is 10.2. The molecule has 0 aliphatic heterocycles. The summed E-state index contributed by atoms with van der Waals surface area (Å²) in [6.45, 7) is 0.839. The Balaban J connectivity index is 1.90. The van der Waals surface area contributed by atoms with Crippen molar-refractivity contribution in [2.24, 2.45) is 5.10 Å². The van der Waals surface area contributed by atoms with Crippen molar-refractivity contribution >= 4 is 27.3 Å². The number of nitrogens with zero attached hydrogens (tertiary/aromatic N) is 2. The standard InChI is InChI=1S/C24H22F3N3O4S/c1-17(18-11-13-21(34-2)14-12-18)28-29-23(31)16-30(35(32,33)22-9-4-3-5-10-22)20-8-6-7-19(15-20)24(25,26)27/h3-15H,16H2,1-2H3,(H,29,31)/b28-17-. The zero-order chi connectivity index (χ0) is 25.6. The molecule has 184 valence electrons. The van der Waals surface area contributed by atoms with Crippen LogP contribution in [0.3, 0.4) is 0 Å². The Morgan fingerprint density at radius 3 is 2.26 bits per heavy atom. The SMILES string of the molecule is COc1ccc(/C(C)=N\NC(=O)CN(c2cccc(C(F)(F)F)c2)S(=O)(=O)c2ccccc2)cc1. The first-order valence-corrected chi connectivity index (χ1v) is 11.7. The molecular weight excluding hydrogens is 483 g/mol. The van der Waals surface area contributed by atoms with Crippen molar-refractivity contribution < 1.29 is 31.1 Å². The summed E-state index contributed by atoms with van der Waals surface area (Å²) in [5.41, 5.74) is 2.02. The number of benzene rings is 3. The van der Waals surface area contributed by atoms with Crippen LogP contribution in [0.15, 0.2) is 88.9 Å². The molecule has 0 spiro atoms. The number of hydrazone groups is 1. The Morgan fingerprint density at radius 2 is 1.66 bits per heavy atom. The molecule has 0 radical (unpaired) electrons. The number of sulfonamides is 1. The van der Waals surface area contributed by atoms with Crippen molar-refractivity contribution in [1.82, 2.24) is 5.43 Å². The first kappa shape index (κ1) is 25.8. The molecule has 11 heteroatoms. The number of halogens is 3. The van der Waals surface area contributed by atoms with Gasteiger partial charge in [-0.2, -0.15) is 18.3 Å². The zero-order valence-electron chi connectivity index (χ0n) is 18.8. The molecule has 0 atom stereocenters. The number of hydrogen-bond donors (Lipinski definition) is 1. The van der Waals surface area contributed by atoms with Gasteiger partial charge in [0.05, 0.1) is 29.0 Å². The Bertz CT molecular complexity index is 1310. The monoisotopic (exact) mass is 505 g/mol. The fourth-order valence-electron chi connectivity index (χ4n) is 3.08. The highest BCUT2D eigenvalue weighted by Gasteiger charge is 2.33. The quantitative estimate of drug-likeness (QED) is 0.362. The van der Waals surface area contributed by atoms with Gasteiger partial charge in [0.2, 0.25) is 0 Å². The Morgan fingerprint density at radius 1 is 1.00 bits per heavy atom. The highest BCUT2D eigenvalue weighted by molar-refractivity contribution is 7.92. The van der Waals surface area contributed by atoms with Crippen LogP contribution in [0.2, 0.25) is 0 Å². The number of alkyl halides is 3. The van der Waals surface area contributed by atoms with E-state index >= 15 is 0 Å². The lowest BCUT2D eigenvalue weighted by Crippen LogP contribution is -2.39. The average molecular weight is 506 g/mol. The summed E-state index contributed by atoms with van der Waals surface area (Å²) in [7, 11) is -2.84. The average Bonchev–Trinajstić information content (AvgIpc) is 2.86. The number of anilines is 1. The predicted molar refractivity (Wildman–Crippen MR) is 126 cm³/mol. The lowest BCUT2D eigenvalue weighted by Gasteiger charge is -2.24. The molecule has 0 aliphatic rings. The minimum absolute atomic E-state index is 0.178. The van der Waals surface area contributed by atoms with Crippen LogP contribution in [-0.4, -0.2) is 33.7 Å². The maximum Gasteiger partial charge on any atom is 0.416 e. The molecular formula is C24H22F3N3O4S. The normalized spacial score (nSPS) is 12.2. The van der Waals surface area contributed by atoms with Crippen LogP contribution in [0.25, 0.3) is 0 Å². The summed E-state index contributed by atoms with van der Waals surface area (Å²) in [5.74, 6) is -0.205. The number of carbonyl (C=O) groups is 1. The highest BCUT2D eigenvalue weighted by atomic mass is 32.2. The van der Waals surface area contributed by atoms with E-state index in [1.807, 2.05) is 0 Å². The van der Waals surface area contributed by atoms with Crippen LogP contribution in [0.5, 0.6) is 5.75 Å². The van der Waals surface area contributed by atoms with Crippen molar-refractivity contribution in [2.75, 3.05) is 18.0 Å². The predicted octanol–water partition coefficient (Wildman–Crippen LogP) is 4.45. The van der Waals surface area contributed by atoms with Crippen molar-refractivity contribution in [1.29, 1.82) is 0 Å². The van der Waals surface area contributed by atoms with Crippen molar-refractivity contribution in [3.8, 4) is 5.75 Å². The van der Waals surface area contributed by atoms with E-state index in [0.29, 0.717) is 27.4 Å². The summed E-state index contributed by atoms with van der Waals surface area (Å²) >= 11 is 0. The Kier molecular flexibility index (Phi) is 7.80. The van der Waals surface area contributed by atoms with Gasteiger partial charge in [-0.15, -0.1) is 0 Å². The van der Waals surface area contributed by atoms with Crippen LogP contribution in [0, 0.1) is 0 Å². The minimum Gasteiger partial charge on any atom is -0.497 e. The molecule has 0 aromatic heterocycles. The van der Waals surface area contributed by atoms with Crippen LogP contribution in [0.4, 0.5) is 18.9 Å². The third-order valence-corrected chi connectivity index (χ3v) is 6.72. The molecule has 3 aromatic rings. The zero-order valence-corrected chi connectivity index (χ0v) is 19.6. The van der Waals surface area contributed by atoms with E-state index < -0.39 is 34.2 Å². The summed E-state index contributed by atoms with van der Waals surface area (Å²) in [6, 6.07) is 17.7. The smallest absolute Gasteiger partial charge is 0.416 e. The van der Waals surface area contributed by atoms with E-state index in [-0.39, 0.29) is 10.6 Å². The third-order valence-electron chi connectivity index (χ3n) is 4.94. The number of methoxy groups -OCH3 is 1. The minimum atomic E-state index is -4.69. The molecule has 0 fully saturated rings. The van der Waals surface area contributed by atoms with Gasteiger partial charge in [0, 0.05) is 0 Å². The molecule has 3 aromatic carbocycles. The highest BCUT2D eigenvalue weighted by Crippen LogP contribution is 2.33. The van der Waals surface area contributed by atoms with Gasteiger partial charge >= 0.3 is 6.18 Å². The van der Waals surface area contributed by atoms with E-state index in [4.69, 9.17) is 4.74 Å². The maximum atomic E-state index is 13.3. The van der Waals surface area contributed by atoms with Crippen molar-refractivity contribution in [3.63, 3.8) is 0 Å². The Labute approximate surface area is 200 Å². The van der Waals surface area contributed by atoms with Crippen LogP contribution >= 0.6 is 0 Å². The number of amides is 1. The first-order chi connectivity index (χ1) is 16.5. The van der Waals surface area contributed by atoms with Gasteiger partial charge in [-0.05, 0) is 67.1 Å². The van der Waals surface area contributed by atoms with Gasteiger partial charge < -0.3 is 4.74 Å². The molecule has 0 heterocycles. The fraction of sp³-hybridized carbons (Fsp3) is 0.167. The Hall–Kier alpha value is -3.86. The summed E-state index contributed by atoms with van der Waals surface area (Å²) in [5, 5.41) is 3.98. The molecule has 0 aliphatic carbocycles. The second-order valence-corrected chi connectivity index (χ2v) is 9.20. The molecule has 1 amide bonds. The summed E-state index contributed by atoms with van der Waals surface area (Å²) in [4.78, 5) is 12.5. The van der Waals surface area contributed by atoms with E-state index in [0.717, 1.165) is 12.1 Å². The lowest BCUT2D eigenvalue weighted by atomic mass is 10.1. The number of carbonyl (C=O) groups excluding carboxylic acids is 1. The van der Waals surface area contributed by atoms with E-state index in [2.05, 4.69) is 10.5 Å². The molecule has 0 saturated carbocycles. The largest absolute Gasteiger partial charge is 0.497 e. The van der Waals surface area contributed by atoms with Crippen LogP contribution < -0.4 is 14.5 Å². The number of ether oxygens (including phenoxy) is 1. The molecule has 0 saturated heterocycles. The summed E-state index contributed by atoms with van der Waals surface area (Å²) in [6.07, 6.45) is -4.69. The van der Waals surface area contributed by atoms with E-state index in [1.54, 1.807) is 37.3 Å². The third kappa shape index (κ3) is 6.38. The number of hydrogen-bond acceptors (Lipinski definition) is 5.